The summed E-state index contributed by atoms with van der Waals surface area (Å²) in [7, 11) is 0. The number of hydrogen-bond acceptors (Lipinski definition) is 5. The van der Waals surface area contributed by atoms with E-state index in [4.69, 9.17) is 16.1 Å². The van der Waals surface area contributed by atoms with Crippen LogP contribution < -0.4 is 0 Å². The minimum absolute atomic E-state index is 0.205. The third-order valence-corrected chi connectivity index (χ3v) is 6.17. The first-order valence-electron chi connectivity index (χ1n) is 10.4. The van der Waals surface area contributed by atoms with E-state index in [9.17, 15) is 4.79 Å². The summed E-state index contributed by atoms with van der Waals surface area (Å²) in [4.78, 5) is 22.0. The topological polar surface area (TPSA) is 62.5 Å². The molecule has 3 aromatic rings. The number of carbonyl (C=O) groups is 1. The van der Waals surface area contributed by atoms with Crippen LogP contribution in [0.4, 0.5) is 0 Å². The van der Waals surface area contributed by atoms with Crippen LogP contribution in [-0.4, -0.2) is 45.0 Å². The van der Waals surface area contributed by atoms with E-state index >= 15 is 0 Å². The van der Waals surface area contributed by atoms with Crippen molar-refractivity contribution in [2.24, 2.45) is 0 Å². The van der Waals surface area contributed by atoms with E-state index < -0.39 is 0 Å². The second kappa shape index (κ2) is 8.20. The predicted octanol–water partition coefficient (Wildman–Crippen LogP) is 3.94. The Hall–Kier alpha value is -2.70. The summed E-state index contributed by atoms with van der Waals surface area (Å²) in [5, 5.41) is 4.75. The van der Waals surface area contributed by atoms with Crippen LogP contribution in [0.5, 0.6) is 0 Å². The van der Waals surface area contributed by atoms with Gasteiger partial charge in [0.05, 0.1) is 12.6 Å². The minimum atomic E-state index is -0.209. The fourth-order valence-electron chi connectivity index (χ4n) is 4.37. The molecule has 2 aliphatic rings. The average Bonchev–Trinajstić information content (AvgIpc) is 3.45. The molecular weight excluding hydrogens is 400 g/mol. The zero-order valence-corrected chi connectivity index (χ0v) is 17.4. The van der Waals surface area contributed by atoms with Gasteiger partial charge < -0.3 is 9.42 Å². The molecule has 0 saturated carbocycles. The standard InChI is InChI=1S/C23H23ClN4O2/c24-19-9-5-8-17(12-19)22-25-21(30-26-22)15-28-14-18-7-2-1-6-16(18)13-20(28)23(29)27-10-3-4-11-27/h1-2,5-9,12,20H,3-4,10-11,13-15H2. The van der Waals surface area contributed by atoms with Gasteiger partial charge in [-0.25, -0.2) is 0 Å². The molecule has 0 bridgehead atoms. The Morgan fingerprint density at radius 3 is 2.70 bits per heavy atom. The molecule has 1 saturated heterocycles. The maximum Gasteiger partial charge on any atom is 0.241 e. The second-order valence-electron chi connectivity index (χ2n) is 7.95. The van der Waals surface area contributed by atoms with E-state index in [-0.39, 0.29) is 11.9 Å². The molecule has 1 amide bonds. The first-order valence-corrected chi connectivity index (χ1v) is 10.7. The monoisotopic (exact) mass is 422 g/mol. The average molecular weight is 423 g/mol. The molecule has 1 fully saturated rings. The second-order valence-corrected chi connectivity index (χ2v) is 8.38. The van der Waals surface area contributed by atoms with Crippen molar-refractivity contribution in [2.75, 3.05) is 13.1 Å². The van der Waals surface area contributed by atoms with Gasteiger partial charge in [-0.05, 0) is 42.5 Å². The first-order chi connectivity index (χ1) is 14.7. The SMILES string of the molecule is O=C(C1Cc2ccccc2CN1Cc1nc(-c2cccc(Cl)c2)no1)N1CCCC1. The van der Waals surface area contributed by atoms with Gasteiger partial charge >= 0.3 is 0 Å². The van der Waals surface area contributed by atoms with Gasteiger partial charge in [-0.15, -0.1) is 0 Å². The number of amides is 1. The quantitative estimate of drug-likeness (QED) is 0.637. The number of carbonyl (C=O) groups excluding carboxylic acids is 1. The Kier molecular flexibility index (Phi) is 5.27. The van der Waals surface area contributed by atoms with Crippen molar-refractivity contribution < 1.29 is 9.32 Å². The van der Waals surface area contributed by atoms with Crippen LogP contribution in [0.2, 0.25) is 5.02 Å². The van der Waals surface area contributed by atoms with Gasteiger partial charge in [-0.1, -0.05) is 53.2 Å². The molecule has 0 N–H and O–H groups in total. The number of benzene rings is 2. The van der Waals surface area contributed by atoms with Crippen molar-refractivity contribution in [3.8, 4) is 11.4 Å². The lowest BCUT2D eigenvalue weighted by Crippen LogP contribution is -2.50. The summed E-state index contributed by atoms with van der Waals surface area (Å²) in [6.07, 6.45) is 2.88. The molecule has 0 aliphatic carbocycles. The number of rotatable bonds is 4. The molecule has 6 nitrogen and oxygen atoms in total. The van der Waals surface area contributed by atoms with Crippen molar-refractivity contribution in [1.82, 2.24) is 19.9 Å². The molecule has 2 aliphatic heterocycles. The van der Waals surface area contributed by atoms with Gasteiger partial charge in [-0.2, -0.15) is 4.98 Å². The van der Waals surface area contributed by atoms with E-state index in [0.717, 1.165) is 31.5 Å². The van der Waals surface area contributed by atoms with Crippen LogP contribution in [0.1, 0.15) is 29.9 Å². The normalized spacial score (nSPS) is 19.1. The summed E-state index contributed by atoms with van der Waals surface area (Å²) in [5.74, 6) is 1.22. The highest BCUT2D eigenvalue weighted by Gasteiger charge is 2.35. The molecule has 3 heterocycles. The Labute approximate surface area is 180 Å². The third kappa shape index (κ3) is 3.85. The minimum Gasteiger partial charge on any atom is -0.341 e. The van der Waals surface area contributed by atoms with Gasteiger partial charge in [0.15, 0.2) is 0 Å². The maximum atomic E-state index is 13.3. The van der Waals surface area contributed by atoms with Crippen LogP contribution in [0, 0.1) is 0 Å². The van der Waals surface area contributed by atoms with Crippen molar-refractivity contribution >= 4 is 17.5 Å². The van der Waals surface area contributed by atoms with Crippen LogP contribution in [0.25, 0.3) is 11.4 Å². The lowest BCUT2D eigenvalue weighted by Gasteiger charge is -2.37. The van der Waals surface area contributed by atoms with Crippen molar-refractivity contribution in [3.05, 3.63) is 70.6 Å². The predicted molar refractivity (Wildman–Crippen MR) is 114 cm³/mol. The fraction of sp³-hybridized carbons (Fsp3) is 0.348. The van der Waals surface area contributed by atoms with E-state index in [2.05, 4.69) is 27.2 Å². The summed E-state index contributed by atoms with van der Waals surface area (Å²) in [6, 6.07) is 15.5. The van der Waals surface area contributed by atoms with E-state index in [1.807, 2.05) is 41.3 Å². The summed E-state index contributed by atoms with van der Waals surface area (Å²) in [6.45, 7) is 2.83. The molecule has 0 spiro atoms. The van der Waals surface area contributed by atoms with Gasteiger partial charge in [0.2, 0.25) is 17.6 Å². The highest BCUT2D eigenvalue weighted by atomic mass is 35.5. The molecule has 1 aromatic heterocycles. The van der Waals surface area contributed by atoms with Gasteiger partial charge in [0.1, 0.15) is 0 Å². The van der Waals surface area contributed by atoms with Crippen molar-refractivity contribution in [1.29, 1.82) is 0 Å². The zero-order valence-electron chi connectivity index (χ0n) is 16.6. The molecule has 30 heavy (non-hydrogen) atoms. The molecule has 1 unspecified atom stereocenters. The highest BCUT2D eigenvalue weighted by molar-refractivity contribution is 6.30. The largest absolute Gasteiger partial charge is 0.341 e. The molecular formula is C23H23ClN4O2. The molecule has 154 valence electrons. The maximum absolute atomic E-state index is 13.3. The van der Waals surface area contributed by atoms with Gasteiger partial charge in [0, 0.05) is 30.2 Å². The number of hydrogen-bond donors (Lipinski definition) is 0. The van der Waals surface area contributed by atoms with Crippen LogP contribution >= 0.6 is 11.6 Å². The Morgan fingerprint density at radius 2 is 1.90 bits per heavy atom. The zero-order chi connectivity index (χ0) is 20.5. The summed E-state index contributed by atoms with van der Waals surface area (Å²) in [5.41, 5.74) is 3.31. The Balaban J connectivity index is 1.40. The molecule has 2 aromatic carbocycles. The summed E-state index contributed by atoms with van der Waals surface area (Å²) < 4.78 is 5.53. The number of fused-ring (bicyclic) bond motifs is 1. The first kappa shape index (κ1) is 19.3. The Bertz CT molecular complexity index is 1060. The fourth-order valence-corrected chi connectivity index (χ4v) is 4.56. The van der Waals surface area contributed by atoms with E-state index in [0.29, 0.717) is 36.2 Å². The van der Waals surface area contributed by atoms with E-state index in [1.165, 1.54) is 11.1 Å². The molecule has 0 radical (unpaired) electrons. The lowest BCUT2D eigenvalue weighted by molar-refractivity contribution is -0.137. The van der Waals surface area contributed by atoms with Crippen LogP contribution in [0.3, 0.4) is 0 Å². The van der Waals surface area contributed by atoms with Gasteiger partial charge in [0.25, 0.3) is 0 Å². The molecule has 5 rings (SSSR count). The smallest absolute Gasteiger partial charge is 0.241 e. The number of likely N-dealkylation sites (tertiary alicyclic amines) is 1. The van der Waals surface area contributed by atoms with Crippen molar-refractivity contribution in [2.45, 2.75) is 38.4 Å². The molecule has 7 heteroatoms. The Morgan fingerprint density at radius 1 is 1.10 bits per heavy atom. The lowest BCUT2D eigenvalue weighted by atomic mass is 9.93. The highest BCUT2D eigenvalue weighted by Crippen LogP contribution is 2.27. The van der Waals surface area contributed by atoms with Gasteiger partial charge in [-0.3, -0.25) is 9.69 Å². The number of halogens is 1. The van der Waals surface area contributed by atoms with Crippen molar-refractivity contribution in [3.63, 3.8) is 0 Å². The van der Waals surface area contributed by atoms with E-state index in [1.54, 1.807) is 0 Å². The summed E-state index contributed by atoms with van der Waals surface area (Å²) >= 11 is 6.08. The van der Waals surface area contributed by atoms with Crippen LogP contribution in [-0.2, 0) is 24.3 Å². The van der Waals surface area contributed by atoms with Crippen LogP contribution in [0.15, 0.2) is 53.1 Å². The number of aromatic nitrogens is 2. The third-order valence-electron chi connectivity index (χ3n) is 5.94. The number of nitrogens with zero attached hydrogens (tertiary/aromatic N) is 4. The molecule has 1 atom stereocenters.